The van der Waals surface area contributed by atoms with Crippen molar-refractivity contribution in [3.63, 3.8) is 0 Å². The number of esters is 1. The van der Waals surface area contributed by atoms with Crippen molar-refractivity contribution in [1.29, 1.82) is 0 Å². The maximum Gasteiger partial charge on any atom is 0.343 e. The van der Waals surface area contributed by atoms with Crippen LogP contribution in [0.4, 0.5) is 5.69 Å². The van der Waals surface area contributed by atoms with Crippen molar-refractivity contribution < 1.29 is 33.4 Å². The minimum atomic E-state index is -0.711. The zero-order chi connectivity index (χ0) is 35.9. The van der Waals surface area contributed by atoms with Gasteiger partial charge >= 0.3 is 5.97 Å². The van der Waals surface area contributed by atoms with Gasteiger partial charge in [0.1, 0.15) is 17.2 Å². The van der Waals surface area contributed by atoms with E-state index in [0.717, 1.165) is 29.7 Å². The highest BCUT2D eigenvalue weighted by Crippen LogP contribution is 2.20. The molecule has 0 aliphatic heterocycles. The molecule has 0 aliphatic carbocycles. The summed E-state index contributed by atoms with van der Waals surface area (Å²) < 4.78 is 16.5. The third-order valence-electron chi connectivity index (χ3n) is 8.37. The number of ether oxygens (including phenoxy) is 3. The second-order valence-electron chi connectivity index (χ2n) is 12.2. The summed E-state index contributed by atoms with van der Waals surface area (Å²) in [5.41, 5.74) is 3.00. The largest absolute Gasteiger partial charge is 0.497 e. The molecule has 1 N–H and O–H groups in total. The fraction of sp³-hybridized carbons (Fsp3) is 0.317. The van der Waals surface area contributed by atoms with Gasteiger partial charge in [0.25, 0.3) is 5.91 Å². The number of anilines is 1. The first-order chi connectivity index (χ1) is 24.2. The number of hydrogen-bond donors (Lipinski definition) is 1. The fourth-order valence-electron chi connectivity index (χ4n) is 5.39. The monoisotopic (exact) mass is 678 g/mol. The summed E-state index contributed by atoms with van der Waals surface area (Å²) in [7, 11) is 3.18. The summed E-state index contributed by atoms with van der Waals surface area (Å²) in [6.45, 7) is 4.29. The molecule has 0 heterocycles. The Hall–Kier alpha value is -5.44. The lowest BCUT2D eigenvalue weighted by atomic mass is 10.0. The van der Waals surface area contributed by atoms with E-state index in [1.54, 1.807) is 99.1 Å². The molecule has 9 heteroatoms. The molecule has 4 aromatic rings. The summed E-state index contributed by atoms with van der Waals surface area (Å²) in [5.74, 6) is 0.635. The normalized spacial score (nSPS) is 11.3. The van der Waals surface area contributed by atoms with Gasteiger partial charge in [0.15, 0.2) is 5.78 Å². The smallest absolute Gasteiger partial charge is 0.343 e. The Labute approximate surface area is 294 Å². The van der Waals surface area contributed by atoms with Crippen molar-refractivity contribution in [2.24, 2.45) is 0 Å². The van der Waals surface area contributed by atoms with Gasteiger partial charge in [0.2, 0.25) is 5.91 Å². The van der Waals surface area contributed by atoms with Crippen LogP contribution >= 0.6 is 0 Å². The first kappa shape index (κ1) is 37.4. The van der Waals surface area contributed by atoms with Gasteiger partial charge in [-0.15, -0.1) is 0 Å². The first-order valence-electron chi connectivity index (χ1n) is 17.0. The molecule has 0 fully saturated rings. The number of amides is 2. The highest BCUT2D eigenvalue weighted by Gasteiger charge is 2.25. The van der Waals surface area contributed by atoms with Crippen LogP contribution in [0.2, 0.25) is 0 Å². The van der Waals surface area contributed by atoms with E-state index in [0.29, 0.717) is 34.9 Å². The number of unbranched alkanes of at least 4 members (excludes halogenated alkanes) is 4. The van der Waals surface area contributed by atoms with Crippen molar-refractivity contribution in [2.45, 2.75) is 64.8 Å². The van der Waals surface area contributed by atoms with Gasteiger partial charge in [-0.3, -0.25) is 14.4 Å². The van der Waals surface area contributed by atoms with Crippen LogP contribution in [0.15, 0.2) is 97.1 Å². The second kappa shape index (κ2) is 18.9. The highest BCUT2D eigenvalue weighted by atomic mass is 16.5. The molecule has 0 unspecified atom stereocenters. The van der Waals surface area contributed by atoms with E-state index in [4.69, 9.17) is 14.2 Å². The zero-order valence-corrected chi connectivity index (χ0v) is 29.3. The number of likely N-dealkylation sites (N-methyl/N-ethyl adjacent to an activating group) is 1. The molecule has 50 heavy (non-hydrogen) atoms. The van der Waals surface area contributed by atoms with Crippen LogP contribution in [0.25, 0.3) is 0 Å². The number of hydrogen-bond acceptors (Lipinski definition) is 7. The van der Waals surface area contributed by atoms with E-state index in [1.807, 2.05) is 12.1 Å². The molecule has 0 spiro atoms. The quantitative estimate of drug-likeness (QED) is 0.0652. The second-order valence-corrected chi connectivity index (χ2v) is 12.2. The Morgan fingerprint density at radius 2 is 1.28 bits per heavy atom. The van der Waals surface area contributed by atoms with Crippen LogP contribution in [-0.4, -0.2) is 55.3 Å². The van der Waals surface area contributed by atoms with E-state index < -0.39 is 12.0 Å². The molecule has 262 valence electrons. The molecule has 1 atom stereocenters. The first-order valence-corrected chi connectivity index (χ1v) is 17.0. The number of methoxy groups -OCH3 is 1. The molecule has 0 saturated carbocycles. The van der Waals surface area contributed by atoms with Crippen LogP contribution in [-0.2, 0) is 22.4 Å². The van der Waals surface area contributed by atoms with Gasteiger partial charge in [-0.05, 0) is 104 Å². The number of carbonyl (C=O) groups excluding carboxylic acids is 4. The van der Waals surface area contributed by atoms with Crippen LogP contribution < -0.4 is 19.5 Å². The van der Waals surface area contributed by atoms with E-state index in [2.05, 4.69) is 12.2 Å². The van der Waals surface area contributed by atoms with Gasteiger partial charge in [0, 0.05) is 18.3 Å². The van der Waals surface area contributed by atoms with Gasteiger partial charge in [-0.1, -0.05) is 56.9 Å². The molecule has 0 aliphatic rings. The molecule has 0 radical (unpaired) electrons. The average molecular weight is 679 g/mol. The maximum atomic E-state index is 13.3. The Balaban J connectivity index is 1.27. The van der Waals surface area contributed by atoms with Crippen LogP contribution in [0.5, 0.6) is 17.2 Å². The third kappa shape index (κ3) is 11.3. The van der Waals surface area contributed by atoms with Crippen molar-refractivity contribution in [2.75, 3.05) is 26.1 Å². The van der Waals surface area contributed by atoms with E-state index in [-0.39, 0.29) is 30.4 Å². The maximum absolute atomic E-state index is 13.3. The molecule has 0 saturated heterocycles. The SMILES string of the molecule is CCCCCCCOc1ccc(C(=O)Oc2ccc(C[C@@H](C(C)=O)N(C)C(=O)c3ccc(NC(=O)Cc4ccc(OC)cc4)cc3)cc2)cc1. The minimum Gasteiger partial charge on any atom is -0.497 e. The van der Waals surface area contributed by atoms with Crippen LogP contribution in [0, 0.1) is 0 Å². The number of Topliss-reactive ketones (excluding diaryl/α,β-unsaturated/α-hetero) is 1. The average Bonchev–Trinajstić information content (AvgIpc) is 3.13. The minimum absolute atomic E-state index is 0.164. The van der Waals surface area contributed by atoms with Gasteiger partial charge in [-0.2, -0.15) is 0 Å². The lowest BCUT2D eigenvalue weighted by Gasteiger charge is -2.26. The number of nitrogens with zero attached hydrogens (tertiary/aromatic N) is 1. The predicted molar refractivity (Wildman–Crippen MR) is 194 cm³/mol. The lowest BCUT2D eigenvalue weighted by molar-refractivity contribution is -0.121. The molecule has 4 rings (SSSR count). The van der Waals surface area contributed by atoms with E-state index >= 15 is 0 Å². The van der Waals surface area contributed by atoms with Crippen molar-refractivity contribution in [3.8, 4) is 17.2 Å². The van der Waals surface area contributed by atoms with E-state index in [1.165, 1.54) is 31.1 Å². The topological polar surface area (TPSA) is 111 Å². The van der Waals surface area contributed by atoms with Crippen molar-refractivity contribution in [3.05, 3.63) is 119 Å². The predicted octanol–water partition coefficient (Wildman–Crippen LogP) is 7.72. The van der Waals surface area contributed by atoms with Gasteiger partial charge < -0.3 is 24.4 Å². The van der Waals surface area contributed by atoms with Crippen LogP contribution in [0.3, 0.4) is 0 Å². The Morgan fingerprint density at radius 3 is 1.90 bits per heavy atom. The summed E-state index contributed by atoms with van der Waals surface area (Å²) in [5, 5.41) is 2.84. The lowest BCUT2D eigenvalue weighted by Crippen LogP contribution is -2.43. The standard InChI is InChI=1S/C41H46N2O7/c1-5-6-7-8-9-26-49-36-24-16-33(17-25-36)41(47)50-37-22-12-30(13-23-37)27-38(29(2)44)43(3)40(46)32-14-18-34(19-15-32)42-39(45)28-31-10-20-35(48-4)21-11-31/h10-25,38H,5-9,26-28H2,1-4H3,(H,42,45)/t38-/m0/s1. The van der Waals surface area contributed by atoms with Crippen molar-refractivity contribution in [1.82, 2.24) is 4.90 Å². The van der Waals surface area contributed by atoms with Crippen molar-refractivity contribution >= 4 is 29.3 Å². The molecule has 2 amide bonds. The highest BCUT2D eigenvalue weighted by molar-refractivity contribution is 5.98. The van der Waals surface area contributed by atoms with E-state index in [9.17, 15) is 19.2 Å². The molecular formula is C41H46N2O7. The third-order valence-corrected chi connectivity index (χ3v) is 8.37. The zero-order valence-electron chi connectivity index (χ0n) is 29.3. The Morgan fingerprint density at radius 1 is 0.700 bits per heavy atom. The number of ketones is 1. The molecule has 0 aromatic heterocycles. The number of nitrogens with one attached hydrogen (secondary N) is 1. The fourth-order valence-corrected chi connectivity index (χ4v) is 5.39. The van der Waals surface area contributed by atoms with Gasteiger partial charge in [0.05, 0.1) is 31.7 Å². The Kier molecular flexibility index (Phi) is 14.2. The summed E-state index contributed by atoms with van der Waals surface area (Å²) in [6, 6.07) is 26.9. The number of rotatable bonds is 18. The number of benzene rings is 4. The number of carbonyl (C=O) groups is 4. The molecule has 9 nitrogen and oxygen atoms in total. The molecular weight excluding hydrogens is 632 g/mol. The Bertz CT molecular complexity index is 1700. The summed E-state index contributed by atoms with van der Waals surface area (Å²) >= 11 is 0. The summed E-state index contributed by atoms with van der Waals surface area (Å²) in [6.07, 6.45) is 6.29. The molecule has 0 bridgehead atoms. The summed E-state index contributed by atoms with van der Waals surface area (Å²) in [4.78, 5) is 52.7. The van der Waals surface area contributed by atoms with Crippen LogP contribution in [0.1, 0.15) is 77.8 Å². The molecule has 4 aromatic carbocycles. The van der Waals surface area contributed by atoms with Gasteiger partial charge in [-0.25, -0.2) is 4.79 Å².